The zero-order chi connectivity index (χ0) is 10.7. The molecule has 78 valence electrons. The van der Waals surface area contributed by atoms with Crippen molar-refractivity contribution in [2.24, 2.45) is 7.05 Å². The molecule has 0 aliphatic carbocycles. The van der Waals surface area contributed by atoms with E-state index in [1.54, 1.807) is 24.1 Å². The van der Waals surface area contributed by atoms with Crippen LogP contribution in [-0.4, -0.2) is 20.7 Å². The third-order valence-electron chi connectivity index (χ3n) is 1.85. The summed E-state index contributed by atoms with van der Waals surface area (Å²) >= 11 is 1.52. The minimum atomic E-state index is -0.127. The normalized spacial score (nSPS) is 10.2. The average molecular weight is 222 g/mol. The lowest BCUT2D eigenvalue weighted by Crippen LogP contribution is -2.22. The molecule has 2 rings (SSSR count). The Balaban J connectivity index is 1.93. The van der Waals surface area contributed by atoms with Gasteiger partial charge in [0.25, 0.3) is 5.91 Å². The molecule has 1 N–H and O–H groups in total. The van der Waals surface area contributed by atoms with E-state index >= 15 is 0 Å². The molecule has 0 unspecified atom stereocenters. The van der Waals surface area contributed by atoms with Crippen LogP contribution in [0.3, 0.4) is 0 Å². The molecule has 0 aromatic carbocycles. The molecule has 0 aliphatic rings. The van der Waals surface area contributed by atoms with E-state index in [0.29, 0.717) is 12.1 Å². The molecular weight excluding hydrogens is 212 g/mol. The first-order chi connectivity index (χ1) is 7.25. The molecule has 0 bridgehead atoms. The smallest absolute Gasteiger partial charge is 0.254 e. The van der Waals surface area contributed by atoms with Gasteiger partial charge in [-0.15, -0.1) is 11.3 Å². The molecule has 0 radical (unpaired) electrons. The number of nitrogens with zero attached hydrogens (tertiary/aromatic N) is 3. The number of aromatic nitrogens is 3. The van der Waals surface area contributed by atoms with Crippen LogP contribution in [0.25, 0.3) is 0 Å². The number of aryl methyl sites for hydroxylation is 1. The monoisotopic (exact) mass is 222 g/mol. The Hall–Kier alpha value is -1.69. The predicted molar refractivity (Wildman–Crippen MR) is 56.5 cm³/mol. The van der Waals surface area contributed by atoms with E-state index in [9.17, 15) is 4.79 Å². The van der Waals surface area contributed by atoms with E-state index in [0.717, 1.165) is 5.01 Å². The van der Waals surface area contributed by atoms with Crippen molar-refractivity contribution in [2.45, 2.75) is 6.54 Å². The van der Waals surface area contributed by atoms with Gasteiger partial charge in [0, 0.05) is 24.8 Å². The molecule has 0 fully saturated rings. The summed E-state index contributed by atoms with van der Waals surface area (Å²) in [6.07, 6.45) is 4.94. The second kappa shape index (κ2) is 4.22. The molecule has 1 amide bonds. The van der Waals surface area contributed by atoms with Gasteiger partial charge in [0.2, 0.25) is 0 Å². The van der Waals surface area contributed by atoms with Crippen LogP contribution in [0.4, 0.5) is 0 Å². The first-order valence-corrected chi connectivity index (χ1v) is 5.29. The van der Waals surface area contributed by atoms with Gasteiger partial charge >= 0.3 is 0 Å². The number of hydrogen-bond donors (Lipinski definition) is 1. The van der Waals surface area contributed by atoms with Crippen molar-refractivity contribution in [3.05, 3.63) is 34.5 Å². The second-order valence-electron chi connectivity index (χ2n) is 3.01. The minimum absolute atomic E-state index is 0.127. The Morgan fingerprint density at radius 2 is 2.53 bits per heavy atom. The zero-order valence-corrected chi connectivity index (χ0v) is 8.99. The molecule has 2 heterocycles. The molecule has 2 aromatic rings. The topological polar surface area (TPSA) is 59.8 Å². The lowest BCUT2D eigenvalue weighted by atomic mass is 10.3. The molecular formula is C9H10N4OS. The number of hydrogen-bond acceptors (Lipinski definition) is 4. The van der Waals surface area contributed by atoms with E-state index in [2.05, 4.69) is 15.4 Å². The quantitative estimate of drug-likeness (QED) is 0.836. The van der Waals surface area contributed by atoms with Crippen molar-refractivity contribution in [1.29, 1.82) is 0 Å². The van der Waals surface area contributed by atoms with Crippen LogP contribution in [0, 0.1) is 0 Å². The second-order valence-corrected chi connectivity index (χ2v) is 3.99. The van der Waals surface area contributed by atoms with E-state index in [-0.39, 0.29) is 5.91 Å². The summed E-state index contributed by atoms with van der Waals surface area (Å²) < 4.78 is 1.60. The van der Waals surface area contributed by atoms with Gasteiger partial charge in [-0.1, -0.05) is 0 Å². The van der Waals surface area contributed by atoms with Gasteiger partial charge in [-0.3, -0.25) is 9.48 Å². The average Bonchev–Trinajstić information content (AvgIpc) is 2.84. The van der Waals surface area contributed by atoms with Gasteiger partial charge < -0.3 is 5.32 Å². The van der Waals surface area contributed by atoms with E-state index in [1.807, 2.05) is 5.38 Å². The van der Waals surface area contributed by atoms with E-state index in [4.69, 9.17) is 0 Å². The SMILES string of the molecule is Cn1cc(C(=O)NCc2nccs2)cn1. The number of carbonyl (C=O) groups excluding carboxylic acids is 1. The summed E-state index contributed by atoms with van der Waals surface area (Å²) in [4.78, 5) is 15.6. The van der Waals surface area contributed by atoms with Gasteiger partial charge in [-0.2, -0.15) is 5.10 Å². The van der Waals surface area contributed by atoms with Crippen molar-refractivity contribution in [3.8, 4) is 0 Å². The Morgan fingerprint density at radius 3 is 3.13 bits per heavy atom. The maximum absolute atomic E-state index is 11.6. The molecule has 0 saturated carbocycles. The maximum Gasteiger partial charge on any atom is 0.254 e. The third-order valence-corrected chi connectivity index (χ3v) is 2.63. The number of rotatable bonds is 3. The third kappa shape index (κ3) is 2.41. The van der Waals surface area contributed by atoms with Crippen LogP contribution in [0.5, 0.6) is 0 Å². The molecule has 5 nitrogen and oxygen atoms in total. The summed E-state index contributed by atoms with van der Waals surface area (Å²) in [5.74, 6) is -0.127. The maximum atomic E-state index is 11.6. The Morgan fingerprint density at radius 1 is 1.67 bits per heavy atom. The largest absolute Gasteiger partial charge is 0.345 e. The number of nitrogens with one attached hydrogen (secondary N) is 1. The van der Waals surface area contributed by atoms with Crippen LogP contribution in [0.1, 0.15) is 15.4 Å². The van der Waals surface area contributed by atoms with Crippen LogP contribution in [0.15, 0.2) is 24.0 Å². The number of thiazole rings is 1. The van der Waals surface area contributed by atoms with E-state index in [1.165, 1.54) is 17.5 Å². The number of amides is 1. The van der Waals surface area contributed by atoms with Crippen LogP contribution in [-0.2, 0) is 13.6 Å². The summed E-state index contributed by atoms with van der Waals surface area (Å²) in [5.41, 5.74) is 0.564. The lowest BCUT2D eigenvalue weighted by Gasteiger charge is -1.99. The van der Waals surface area contributed by atoms with Crippen molar-refractivity contribution in [3.63, 3.8) is 0 Å². The first kappa shape index (κ1) is 9.85. The van der Waals surface area contributed by atoms with Crippen LogP contribution < -0.4 is 5.32 Å². The Bertz CT molecular complexity index is 448. The van der Waals surface area contributed by atoms with Gasteiger partial charge in [0.05, 0.1) is 18.3 Å². The molecule has 0 atom stereocenters. The van der Waals surface area contributed by atoms with Crippen molar-refractivity contribution < 1.29 is 4.79 Å². The minimum Gasteiger partial charge on any atom is -0.345 e. The van der Waals surface area contributed by atoms with Gasteiger partial charge in [0.1, 0.15) is 5.01 Å². The van der Waals surface area contributed by atoms with Crippen LogP contribution in [0.2, 0.25) is 0 Å². The highest BCUT2D eigenvalue weighted by molar-refractivity contribution is 7.09. The highest BCUT2D eigenvalue weighted by Gasteiger charge is 2.07. The fraction of sp³-hybridized carbons (Fsp3) is 0.222. The molecule has 0 saturated heterocycles. The van der Waals surface area contributed by atoms with Crippen molar-refractivity contribution >= 4 is 17.2 Å². The fourth-order valence-electron chi connectivity index (χ4n) is 1.14. The van der Waals surface area contributed by atoms with Crippen molar-refractivity contribution in [2.75, 3.05) is 0 Å². The first-order valence-electron chi connectivity index (χ1n) is 4.41. The molecule has 6 heteroatoms. The molecule has 0 spiro atoms. The molecule has 15 heavy (non-hydrogen) atoms. The standard InChI is InChI=1S/C9H10N4OS/c1-13-6-7(4-12-13)9(14)11-5-8-10-2-3-15-8/h2-4,6H,5H2,1H3,(H,11,14). The Labute approximate surface area is 90.8 Å². The fourth-order valence-corrected chi connectivity index (χ4v) is 1.69. The van der Waals surface area contributed by atoms with Gasteiger partial charge in [-0.25, -0.2) is 4.98 Å². The molecule has 2 aromatic heterocycles. The summed E-state index contributed by atoms with van der Waals surface area (Å²) in [7, 11) is 1.78. The summed E-state index contributed by atoms with van der Waals surface area (Å²) in [5, 5.41) is 9.47. The zero-order valence-electron chi connectivity index (χ0n) is 8.17. The Kier molecular flexibility index (Phi) is 2.77. The summed E-state index contributed by atoms with van der Waals surface area (Å²) in [6.45, 7) is 0.464. The van der Waals surface area contributed by atoms with E-state index < -0.39 is 0 Å². The number of carbonyl (C=O) groups is 1. The highest BCUT2D eigenvalue weighted by Crippen LogP contribution is 2.03. The molecule has 0 aliphatic heterocycles. The lowest BCUT2D eigenvalue weighted by molar-refractivity contribution is 0.0951. The summed E-state index contributed by atoms with van der Waals surface area (Å²) in [6, 6.07) is 0. The predicted octanol–water partition coefficient (Wildman–Crippen LogP) is 0.807. The van der Waals surface area contributed by atoms with Gasteiger partial charge in [-0.05, 0) is 0 Å². The van der Waals surface area contributed by atoms with Gasteiger partial charge in [0.15, 0.2) is 0 Å². The highest BCUT2D eigenvalue weighted by atomic mass is 32.1. The van der Waals surface area contributed by atoms with Crippen molar-refractivity contribution in [1.82, 2.24) is 20.1 Å². The van der Waals surface area contributed by atoms with Crippen LogP contribution >= 0.6 is 11.3 Å².